The highest BCUT2D eigenvalue weighted by molar-refractivity contribution is 5.94. The Kier molecular flexibility index (Phi) is 2.79. The van der Waals surface area contributed by atoms with Crippen molar-refractivity contribution in [2.45, 2.75) is 6.92 Å². The quantitative estimate of drug-likeness (QED) is 0.755. The Morgan fingerprint density at radius 1 is 1.20 bits per heavy atom. The summed E-state index contributed by atoms with van der Waals surface area (Å²) in [6, 6.07) is 6.48. The van der Waals surface area contributed by atoms with Gasteiger partial charge in [-0.2, -0.15) is 5.10 Å². The second-order valence-corrected chi connectivity index (χ2v) is 4.17. The molecule has 1 aromatic carbocycles. The molecule has 7 nitrogen and oxygen atoms in total. The second kappa shape index (κ2) is 4.61. The van der Waals surface area contributed by atoms with E-state index in [9.17, 15) is 4.79 Å². The van der Waals surface area contributed by atoms with Gasteiger partial charge in [-0.15, -0.1) is 10.2 Å². The van der Waals surface area contributed by atoms with Crippen molar-refractivity contribution in [3.05, 3.63) is 41.7 Å². The van der Waals surface area contributed by atoms with Gasteiger partial charge in [-0.25, -0.2) is 4.79 Å². The maximum Gasteiger partial charge on any atom is 0.336 e. The standard InChI is InChI=1S/C13H10N4O3/c1-7-10(6-14-15-7)12-17-16-11(20-12)8-4-2-3-5-9(8)13(18)19/h2-6H,1H3,(H,14,15)(H,18,19). The molecule has 3 rings (SSSR count). The van der Waals surface area contributed by atoms with E-state index in [-0.39, 0.29) is 11.5 Å². The number of carboxylic acid groups (broad SMARTS) is 1. The van der Waals surface area contributed by atoms with Crippen molar-refractivity contribution in [2.75, 3.05) is 0 Å². The minimum atomic E-state index is -1.04. The molecule has 7 heteroatoms. The predicted octanol–water partition coefficient (Wildman–Crippen LogP) is 2.13. The molecule has 0 unspecified atom stereocenters. The summed E-state index contributed by atoms with van der Waals surface area (Å²) >= 11 is 0. The first-order valence-electron chi connectivity index (χ1n) is 5.83. The molecule has 0 aliphatic rings. The van der Waals surface area contributed by atoms with Crippen LogP contribution in [0.4, 0.5) is 0 Å². The summed E-state index contributed by atoms with van der Waals surface area (Å²) < 4.78 is 5.54. The average Bonchev–Trinajstić information content (AvgIpc) is 3.07. The third kappa shape index (κ3) is 1.95. The number of benzene rings is 1. The molecule has 2 aromatic heterocycles. The van der Waals surface area contributed by atoms with Crippen LogP contribution in [0.1, 0.15) is 16.1 Å². The van der Waals surface area contributed by atoms with Crippen LogP contribution in [-0.4, -0.2) is 31.5 Å². The number of aromatic amines is 1. The molecule has 3 aromatic rings. The average molecular weight is 270 g/mol. The number of rotatable bonds is 3. The van der Waals surface area contributed by atoms with E-state index < -0.39 is 5.97 Å². The first-order valence-corrected chi connectivity index (χ1v) is 5.83. The lowest BCUT2D eigenvalue weighted by atomic mass is 10.1. The molecule has 0 saturated carbocycles. The fraction of sp³-hybridized carbons (Fsp3) is 0.0769. The largest absolute Gasteiger partial charge is 0.478 e. The van der Waals surface area contributed by atoms with Crippen molar-refractivity contribution in [3.63, 3.8) is 0 Å². The molecule has 0 radical (unpaired) electrons. The third-order valence-corrected chi connectivity index (χ3v) is 2.87. The van der Waals surface area contributed by atoms with Crippen LogP contribution in [0.25, 0.3) is 22.9 Å². The Bertz CT molecular complexity index is 775. The predicted molar refractivity (Wildman–Crippen MR) is 69.0 cm³/mol. The van der Waals surface area contributed by atoms with E-state index in [2.05, 4.69) is 20.4 Å². The third-order valence-electron chi connectivity index (χ3n) is 2.87. The molecule has 0 aliphatic heterocycles. The van der Waals surface area contributed by atoms with Crippen LogP contribution in [-0.2, 0) is 0 Å². The van der Waals surface area contributed by atoms with Crippen LogP contribution in [0.5, 0.6) is 0 Å². The lowest BCUT2D eigenvalue weighted by Gasteiger charge is -2.00. The highest BCUT2D eigenvalue weighted by Crippen LogP contribution is 2.27. The number of carbonyl (C=O) groups is 1. The molecule has 0 aliphatic carbocycles. The Morgan fingerprint density at radius 2 is 1.90 bits per heavy atom. The monoisotopic (exact) mass is 270 g/mol. The number of carboxylic acids is 1. The molecule has 2 heterocycles. The molecule has 0 bridgehead atoms. The zero-order valence-corrected chi connectivity index (χ0v) is 10.5. The normalized spacial score (nSPS) is 10.7. The van der Waals surface area contributed by atoms with Crippen molar-refractivity contribution >= 4 is 5.97 Å². The van der Waals surface area contributed by atoms with E-state index in [1.165, 1.54) is 6.07 Å². The van der Waals surface area contributed by atoms with E-state index in [1.807, 2.05) is 6.92 Å². The van der Waals surface area contributed by atoms with Crippen LogP contribution in [0, 0.1) is 6.92 Å². The van der Waals surface area contributed by atoms with Gasteiger partial charge in [0, 0.05) is 5.69 Å². The van der Waals surface area contributed by atoms with Crippen molar-refractivity contribution in [3.8, 4) is 22.9 Å². The molecular weight excluding hydrogens is 260 g/mol. The summed E-state index contributed by atoms with van der Waals surface area (Å²) in [4.78, 5) is 11.2. The summed E-state index contributed by atoms with van der Waals surface area (Å²) in [5.74, 6) is -0.579. The highest BCUT2D eigenvalue weighted by atomic mass is 16.4. The van der Waals surface area contributed by atoms with E-state index in [0.29, 0.717) is 17.0 Å². The van der Waals surface area contributed by atoms with Crippen LogP contribution in [0.2, 0.25) is 0 Å². The van der Waals surface area contributed by atoms with Crippen LogP contribution >= 0.6 is 0 Å². The minimum Gasteiger partial charge on any atom is -0.478 e. The lowest BCUT2D eigenvalue weighted by molar-refractivity contribution is 0.0697. The Morgan fingerprint density at radius 3 is 2.55 bits per heavy atom. The van der Waals surface area contributed by atoms with Crippen molar-refractivity contribution in [1.82, 2.24) is 20.4 Å². The van der Waals surface area contributed by atoms with Gasteiger partial charge in [-0.3, -0.25) is 5.10 Å². The molecule has 0 atom stereocenters. The molecule has 0 amide bonds. The van der Waals surface area contributed by atoms with Crippen LogP contribution < -0.4 is 0 Å². The second-order valence-electron chi connectivity index (χ2n) is 4.17. The number of H-pyrrole nitrogens is 1. The summed E-state index contributed by atoms with van der Waals surface area (Å²) in [5, 5.41) is 23.6. The van der Waals surface area contributed by atoms with Gasteiger partial charge in [-0.05, 0) is 19.1 Å². The highest BCUT2D eigenvalue weighted by Gasteiger charge is 2.18. The minimum absolute atomic E-state index is 0.117. The molecule has 0 saturated heterocycles. The number of hydrogen-bond acceptors (Lipinski definition) is 5. The van der Waals surface area contributed by atoms with Gasteiger partial charge < -0.3 is 9.52 Å². The number of hydrogen-bond donors (Lipinski definition) is 2. The van der Waals surface area contributed by atoms with Gasteiger partial charge in [0.1, 0.15) is 0 Å². The number of aryl methyl sites for hydroxylation is 1. The summed E-state index contributed by atoms with van der Waals surface area (Å²) in [5.41, 5.74) is 2.00. The smallest absolute Gasteiger partial charge is 0.336 e. The van der Waals surface area contributed by atoms with E-state index in [4.69, 9.17) is 9.52 Å². The van der Waals surface area contributed by atoms with Gasteiger partial charge in [0.25, 0.3) is 5.89 Å². The summed E-state index contributed by atoms with van der Waals surface area (Å²) in [6.07, 6.45) is 1.58. The molecule has 0 fully saturated rings. The Labute approximate surface area is 113 Å². The van der Waals surface area contributed by atoms with Gasteiger partial charge >= 0.3 is 5.97 Å². The fourth-order valence-corrected chi connectivity index (χ4v) is 1.86. The van der Waals surface area contributed by atoms with Gasteiger partial charge in [0.2, 0.25) is 5.89 Å². The van der Waals surface area contributed by atoms with Gasteiger partial charge in [0.05, 0.1) is 22.9 Å². The SMILES string of the molecule is Cc1[nH]ncc1-c1nnc(-c2ccccc2C(=O)O)o1. The van der Waals surface area contributed by atoms with Crippen LogP contribution in [0.3, 0.4) is 0 Å². The van der Waals surface area contributed by atoms with Crippen molar-refractivity contribution in [1.29, 1.82) is 0 Å². The maximum atomic E-state index is 11.2. The molecular formula is C13H10N4O3. The van der Waals surface area contributed by atoms with Crippen LogP contribution in [0.15, 0.2) is 34.9 Å². The lowest BCUT2D eigenvalue weighted by Crippen LogP contribution is -1.98. The summed E-state index contributed by atoms with van der Waals surface area (Å²) in [6.45, 7) is 1.83. The fourth-order valence-electron chi connectivity index (χ4n) is 1.86. The van der Waals surface area contributed by atoms with E-state index in [1.54, 1.807) is 24.4 Å². The number of aromatic carboxylic acids is 1. The molecule has 2 N–H and O–H groups in total. The number of nitrogens with one attached hydrogen (secondary N) is 1. The zero-order chi connectivity index (χ0) is 14.1. The zero-order valence-electron chi connectivity index (χ0n) is 10.5. The number of aromatic nitrogens is 4. The van der Waals surface area contributed by atoms with E-state index in [0.717, 1.165) is 5.69 Å². The first-order chi connectivity index (χ1) is 9.66. The Balaban J connectivity index is 2.07. The van der Waals surface area contributed by atoms with Crippen molar-refractivity contribution < 1.29 is 14.3 Å². The number of nitrogens with zero attached hydrogens (tertiary/aromatic N) is 3. The maximum absolute atomic E-state index is 11.2. The van der Waals surface area contributed by atoms with Gasteiger partial charge in [0.15, 0.2) is 0 Å². The van der Waals surface area contributed by atoms with E-state index >= 15 is 0 Å². The molecule has 100 valence electrons. The topological polar surface area (TPSA) is 105 Å². The Hall–Kier alpha value is -2.96. The first kappa shape index (κ1) is 12.1. The molecule has 0 spiro atoms. The summed E-state index contributed by atoms with van der Waals surface area (Å²) in [7, 11) is 0. The molecule has 20 heavy (non-hydrogen) atoms. The van der Waals surface area contributed by atoms with Gasteiger partial charge in [-0.1, -0.05) is 12.1 Å². The van der Waals surface area contributed by atoms with Crippen molar-refractivity contribution in [2.24, 2.45) is 0 Å².